The van der Waals surface area contributed by atoms with E-state index < -0.39 is 201 Å². The molecule has 0 aromatic heterocycles. The fraction of sp³-hybridized carbons (Fsp3) is 0.553. The minimum Gasteiger partial charge on any atom is -0.508 e. The van der Waals surface area contributed by atoms with Crippen molar-refractivity contribution in [2.24, 2.45) is 33.8 Å². The third kappa shape index (κ3) is 28.8. The number of hydrogen-bond donors (Lipinski definition) is 19. The number of amides is 10. The number of aliphatic imine (C=N–C) groups is 1. The molecule has 81 heavy (non-hydrogen) atoms. The van der Waals surface area contributed by atoms with E-state index in [1.165, 1.54) is 24.3 Å². The summed E-state index contributed by atoms with van der Waals surface area (Å²) in [5.74, 6) is -18.4. The maximum absolute atomic E-state index is 13.9. The average Bonchev–Trinajstić information content (AvgIpc) is 3.37. The first kappa shape index (κ1) is 69.8. The van der Waals surface area contributed by atoms with Crippen molar-refractivity contribution in [2.75, 3.05) is 19.6 Å². The van der Waals surface area contributed by atoms with Gasteiger partial charge in [-0.05, 0) is 62.6 Å². The fourth-order valence-electron chi connectivity index (χ4n) is 7.10. The normalized spacial score (nSPS) is 14.1. The van der Waals surface area contributed by atoms with Gasteiger partial charge in [0.2, 0.25) is 59.1 Å². The Kier molecular flexibility index (Phi) is 30.4. The third-order valence-electron chi connectivity index (χ3n) is 11.2. The monoisotopic (exact) mass is 1150 g/mol. The molecule has 0 spiro atoms. The number of aliphatic carboxylic acids is 4. The summed E-state index contributed by atoms with van der Waals surface area (Å²) >= 11 is 0. The number of carbonyl (C=O) groups excluding carboxylic acids is 10. The molecule has 10 amide bonds. The van der Waals surface area contributed by atoms with Crippen molar-refractivity contribution in [3.8, 4) is 5.75 Å². The van der Waals surface area contributed by atoms with E-state index in [0.29, 0.717) is 6.42 Å². The van der Waals surface area contributed by atoms with Gasteiger partial charge in [-0.3, -0.25) is 67.3 Å². The molecule has 34 heteroatoms. The molecule has 0 aliphatic rings. The van der Waals surface area contributed by atoms with Gasteiger partial charge in [-0.15, -0.1) is 0 Å². The Morgan fingerprint density at radius 2 is 1.00 bits per heavy atom. The molecule has 0 unspecified atom stereocenters. The minimum absolute atomic E-state index is 0.117. The molecule has 0 heterocycles. The number of phenols is 1. The van der Waals surface area contributed by atoms with Crippen LogP contribution in [0.2, 0.25) is 0 Å². The van der Waals surface area contributed by atoms with Crippen molar-refractivity contribution in [3.63, 3.8) is 0 Å². The highest BCUT2D eigenvalue weighted by Crippen LogP contribution is 2.13. The molecule has 0 fully saturated rings. The first-order valence-electron chi connectivity index (χ1n) is 24.9. The molecular weight excluding hydrogens is 1080 g/mol. The van der Waals surface area contributed by atoms with Crippen LogP contribution in [0.15, 0.2) is 29.3 Å². The van der Waals surface area contributed by atoms with Crippen molar-refractivity contribution >= 4 is 88.9 Å². The number of rotatable bonds is 38. The largest absolute Gasteiger partial charge is 0.508 e. The Morgan fingerprint density at radius 3 is 1.51 bits per heavy atom. The summed E-state index contributed by atoms with van der Waals surface area (Å²) in [6, 6.07) is -8.70. The van der Waals surface area contributed by atoms with Gasteiger partial charge < -0.3 is 101 Å². The third-order valence-corrected chi connectivity index (χ3v) is 11.2. The first-order valence-corrected chi connectivity index (χ1v) is 24.9. The number of aliphatic hydroxyl groups is 1. The van der Waals surface area contributed by atoms with Crippen molar-refractivity contribution in [1.82, 2.24) is 47.9 Å². The number of guanidine groups is 1. The van der Waals surface area contributed by atoms with Gasteiger partial charge in [-0.2, -0.15) is 0 Å². The van der Waals surface area contributed by atoms with Crippen LogP contribution in [-0.4, -0.2) is 194 Å². The number of benzene rings is 1. The molecule has 1 aromatic rings. The molecule has 1 aromatic carbocycles. The van der Waals surface area contributed by atoms with E-state index in [1.54, 1.807) is 13.8 Å². The van der Waals surface area contributed by atoms with Crippen molar-refractivity contribution in [3.05, 3.63) is 29.8 Å². The highest BCUT2D eigenvalue weighted by molar-refractivity contribution is 5.99. The van der Waals surface area contributed by atoms with Crippen LogP contribution >= 0.6 is 0 Å². The summed E-state index contributed by atoms with van der Waals surface area (Å²) in [5, 5.41) is 77.9. The zero-order chi connectivity index (χ0) is 61.7. The second-order valence-electron chi connectivity index (χ2n) is 18.7. The van der Waals surface area contributed by atoms with Gasteiger partial charge in [0.15, 0.2) is 5.96 Å². The van der Waals surface area contributed by atoms with Crippen molar-refractivity contribution in [1.29, 1.82) is 0 Å². The Morgan fingerprint density at radius 1 is 0.531 bits per heavy atom. The van der Waals surface area contributed by atoms with E-state index in [-0.39, 0.29) is 36.7 Å². The Hall–Kier alpha value is -9.21. The van der Waals surface area contributed by atoms with Crippen LogP contribution < -0.4 is 70.8 Å². The number of hydrogen-bond acceptors (Lipinski definition) is 18. The molecule has 0 aliphatic carbocycles. The number of primary amides is 1. The molecule has 1 rings (SSSR count). The maximum Gasteiger partial charge on any atom is 0.326 e. The van der Waals surface area contributed by atoms with E-state index in [0.717, 1.165) is 6.92 Å². The van der Waals surface area contributed by atoms with Crippen molar-refractivity contribution < 1.29 is 97.8 Å². The second kappa shape index (κ2) is 35.3. The Bertz CT molecular complexity index is 2450. The molecule has 0 radical (unpaired) electrons. The topological polar surface area (TPSA) is 585 Å². The van der Waals surface area contributed by atoms with Crippen LogP contribution in [-0.2, 0) is 73.5 Å². The number of nitrogens with one attached hydrogen (secondary N) is 9. The standard InChI is InChI=1S/C47H72N14O20/c1-21(2)15-28(42(76)57-26(10-12-32(49)64)41(75)58-27(46(80)81)11-13-35(67)68)59-43(77)31(18-37(71)72)60-45(79)38(22(3)62)61-44(78)29(16-23-6-8-24(63)9-7-23)55-34(66)20-54-40(74)30(17-36(69)70)56-33(65)19-53-39(73)25(48)5-4-14-52-47(50)51/h6-9,21-22,25-31,38,62-63H,4-5,10-20,48H2,1-3H3,(H2,49,64)(H,53,73)(H,54,74)(H,55,66)(H,56,65)(H,57,76)(H,58,75)(H,59,77)(H,60,79)(H,61,78)(H,67,68)(H,69,70)(H,71,72)(H,80,81)(H4,50,51,52)/t22-,25+,26+,27+,28+,29+,30+,31+,38+/m1/s1. The molecule has 9 atom stereocenters. The van der Waals surface area contributed by atoms with Crippen LogP contribution in [0.4, 0.5) is 0 Å². The number of carbonyl (C=O) groups is 14. The van der Waals surface area contributed by atoms with Crippen LogP contribution in [0.1, 0.15) is 84.1 Å². The molecule has 34 nitrogen and oxygen atoms in total. The number of phenolic OH excluding ortho intramolecular Hbond substituents is 1. The molecule has 0 aliphatic heterocycles. The average molecular weight is 1150 g/mol. The van der Waals surface area contributed by atoms with Gasteiger partial charge in [-0.25, -0.2) is 4.79 Å². The number of carboxylic acid groups (broad SMARTS) is 4. The lowest BCUT2D eigenvalue weighted by atomic mass is 10.0. The smallest absolute Gasteiger partial charge is 0.326 e. The van der Waals surface area contributed by atoms with E-state index in [1.807, 2.05) is 0 Å². The number of nitrogens with zero attached hydrogens (tertiary/aromatic N) is 1. The van der Waals surface area contributed by atoms with E-state index >= 15 is 0 Å². The van der Waals surface area contributed by atoms with Gasteiger partial charge in [0.1, 0.15) is 48.0 Å². The Labute approximate surface area is 462 Å². The lowest BCUT2D eigenvalue weighted by Gasteiger charge is -2.28. The van der Waals surface area contributed by atoms with Gasteiger partial charge >= 0.3 is 23.9 Å². The number of carboxylic acids is 4. The molecule has 0 bridgehead atoms. The summed E-state index contributed by atoms with van der Waals surface area (Å²) in [6.45, 7) is 2.64. The summed E-state index contributed by atoms with van der Waals surface area (Å²) in [6.07, 6.45) is -6.53. The molecule has 23 N–H and O–H groups in total. The minimum atomic E-state index is -2.07. The SMILES string of the molecule is CC(C)C[C@H](NC(=O)[C@H](CC(=O)O)NC(=O)[C@@H](NC(=O)[C@H](Cc1ccc(O)cc1)NC(=O)CNC(=O)[C@H](CC(=O)O)NC(=O)CNC(=O)[C@@H](N)CCCN=C(N)N)[C@@H](C)O)C(=O)N[C@@H](CCC(N)=O)C(=O)N[C@@H](CCC(=O)O)C(=O)O. The van der Waals surface area contributed by atoms with Crippen LogP contribution in [0.5, 0.6) is 5.75 Å². The number of aliphatic hydroxyl groups excluding tert-OH is 1. The molecule has 0 saturated heterocycles. The lowest BCUT2D eigenvalue weighted by molar-refractivity contribution is -0.144. The molecule has 0 saturated carbocycles. The quantitative estimate of drug-likeness (QED) is 0.0166. The van der Waals surface area contributed by atoms with Gasteiger partial charge in [0.05, 0.1) is 38.1 Å². The van der Waals surface area contributed by atoms with Crippen LogP contribution in [0.3, 0.4) is 0 Å². The maximum atomic E-state index is 13.9. The zero-order valence-corrected chi connectivity index (χ0v) is 44.4. The second-order valence-corrected chi connectivity index (χ2v) is 18.7. The summed E-state index contributed by atoms with van der Waals surface area (Å²) < 4.78 is 0. The highest BCUT2D eigenvalue weighted by Gasteiger charge is 2.36. The highest BCUT2D eigenvalue weighted by atomic mass is 16.4. The summed E-state index contributed by atoms with van der Waals surface area (Å²) in [5.41, 5.74) is 21.8. The van der Waals surface area contributed by atoms with E-state index in [2.05, 4.69) is 52.8 Å². The van der Waals surface area contributed by atoms with E-state index in [4.69, 9.17) is 28.0 Å². The number of aromatic hydroxyl groups is 1. The Balaban J connectivity index is 3.35. The summed E-state index contributed by atoms with van der Waals surface area (Å²) in [4.78, 5) is 182. The predicted molar refractivity (Wildman–Crippen MR) is 278 cm³/mol. The number of nitrogens with two attached hydrogens (primary N) is 4. The van der Waals surface area contributed by atoms with Crippen LogP contribution in [0.25, 0.3) is 0 Å². The van der Waals surface area contributed by atoms with E-state index in [9.17, 15) is 92.7 Å². The fourth-order valence-corrected chi connectivity index (χ4v) is 7.10. The lowest BCUT2D eigenvalue weighted by Crippen LogP contribution is -2.62. The zero-order valence-electron chi connectivity index (χ0n) is 44.4. The van der Waals surface area contributed by atoms with Crippen LogP contribution in [0, 0.1) is 5.92 Å². The van der Waals surface area contributed by atoms with Gasteiger partial charge in [0, 0.05) is 25.8 Å². The van der Waals surface area contributed by atoms with Crippen molar-refractivity contribution in [2.45, 2.75) is 139 Å². The van der Waals surface area contributed by atoms with Gasteiger partial charge in [0.25, 0.3) is 0 Å². The molecule has 450 valence electrons. The van der Waals surface area contributed by atoms with Gasteiger partial charge in [-0.1, -0.05) is 26.0 Å². The predicted octanol–water partition coefficient (Wildman–Crippen LogP) is -7.47. The summed E-state index contributed by atoms with van der Waals surface area (Å²) in [7, 11) is 0. The molecular formula is C47H72N14O20. The first-order chi connectivity index (χ1) is 37.8.